The van der Waals surface area contributed by atoms with E-state index in [-0.39, 0.29) is 43.9 Å². The van der Waals surface area contributed by atoms with Crippen LogP contribution in [0, 0.1) is 0 Å². The molecule has 2 aliphatic rings. The number of rotatable bonds is 8. The number of benzene rings is 2. The van der Waals surface area contributed by atoms with Crippen molar-refractivity contribution in [3.05, 3.63) is 70.8 Å². The maximum Gasteiger partial charge on any atom is 0.416 e. The van der Waals surface area contributed by atoms with Gasteiger partial charge in [0.1, 0.15) is 12.2 Å². The maximum absolute atomic E-state index is 13.3. The van der Waals surface area contributed by atoms with Crippen LogP contribution in [0.1, 0.15) is 48.1 Å². The molecule has 2 aliphatic heterocycles. The molecule has 0 saturated carbocycles. The largest absolute Gasteiger partial charge is 0.416 e. The zero-order valence-corrected chi connectivity index (χ0v) is 20.3. The van der Waals surface area contributed by atoms with Crippen molar-refractivity contribution < 1.29 is 37.0 Å². The average Bonchev–Trinajstić information content (AvgIpc) is 3.12. The number of imide groups is 1. The highest BCUT2D eigenvalue weighted by Crippen LogP contribution is 2.39. The van der Waals surface area contributed by atoms with Crippen LogP contribution in [0.25, 0.3) is 0 Å². The van der Waals surface area contributed by atoms with Gasteiger partial charge >= 0.3 is 12.2 Å². The van der Waals surface area contributed by atoms with Crippen molar-refractivity contribution >= 4 is 11.9 Å². The summed E-state index contributed by atoms with van der Waals surface area (Å²) in [6.07, 6.45) is -4.74. The second-order valence-corrected chi connectivity index (χ2v) is 9.54. The van der Waals surface area contributed by atoms with Crippen molar-refractivity contribution in [1.82, 2.24) is 15.5 Å². The highest BCUT2D eigenvalue weighted by Gasteiger charge is 2.55. The summed E-state index contributed by atoms with van der Waals surface area (Å²) < 4.78 is 59.4. The number of halogens is 4. The second-order valence-electron chi connectivity index (χ2n) is 9.54. The Morgan fingerprint density at radius 2 is 1.86 bits per heavy atom. The number of urea groups is 1. The number of aliphatic hydroxyl groups excluding tert-OH is 1. The summed E-state index contributed by atoms with van der Waals surface area (Å²) in [4.78, 5) is 26.3. The fourth-order valence-corrected chi connectivity index (χ4v) is 4.96. The molecule has 0 aliphatic carbocycles. The van der Waals surface area contributed by atoms with Gasteiger partial charge in [0.2, 0.25) is 0 Å². The molecule has 3 amide bonds. The van der Waals surface area contributed by atoms with Crippen LogP contribution in [0.5, 0.6) is 0 Å². The van der Waals surface area contributed by atoms with Gasteiger partial charge in [0.25, 0.3) is 5.91 Å². The second kappa shape index (κ2) is 10.4. The fraction of sp³-hybridized carbons (Fsp3) is 0.462. The van der Waals surface area contributed by atoms with Crippen LogP contribution in [0.3, 0.4) is 0 Å². The van der Waals surface area contributed by atoms with Gasteiger partial charge in [0.15, 0.2) is 0 Å². The lowest BCUT2D eigenvalue weighted by atomic mass is 9.76. The Bertz CT molecular complexity index is 1130. The summed E-state index contributed by atoms with van der Waals surface area (Å²) >= 11 is 0. The molecule has 0 aromatic heterocycles. The summed E-state index contributed by atoms with van der Waals surface area (Å²) in [7, 11) is 0. The van der Waals surface area contributed by atoms with Crippen molar-refractivity contribution in [1.29, 1.82) is 0 Å². The first-order chi connectivity index (χ1) is 17.5. The number of amides is 3. The number of ether oxygens (including phenoxy) is 1. The SMILES string of the molecule is C[C@@H](OC[C@@]1(c2ccccc2)CC[C@]2(CN1)NC(=O)N(CCO)C2=O)c1cc(CF)cc(C(F)(F)F)c1. The number of carbonyl (C=O) groups is 2. The minimum Gasteiger partial charge on any atom is -0.395 e. The van der Waals surface area contributed by atoms with Crippen molar-refractivity contribution in [3.8, 4) is 0 Å². The monoisotopic (exact) mass is 523 g/mol. The number of alkyl halides is 4. The lowest BCUT2D eigenvalue weighted by Gasteiger charge is -2.45. The molecular formula is C26H29F4N3O4. The van der Waals surface area contributed by atoms with Crippen LogP contribution in [-0.2, 0) is 27.9 Å². The molecule has 1 spiro atoms. The topological polar surface area (TPSA) is 90.9 Å². The molecule has 37 heavy (non-hydrogen) atoms. The van der Waals surface area contributed by atoms with Gasteiger partial charge in [0, 0.05) is 6.54 Å². The van der Waals surface area contributed by atoms with E-state index in [1.165, 1.54) is 6.07 Å². The van der Waals surface area contributed by atoms with Crippen molar-refractivity contribution in [2.75, 3.05) is 26.3 Å². The minimum atomic E-state index is -4.62. The first-order valence-corrected chi connectivity index (χ1v) is 12.0. The Kier molecular flexibility index (Phi) is 7.59. The Morgan fingerprint density at radius 3 is 2.46 bits per heavy atom. The van der Waals surface area contributed by atoms with E-state index in [0.29, 0.717) is 6.42 Å². The number of hydrogen-bond donors (Lipinski definition) is 3. The van der Waals surface area contributed by atoms with Crippen LogP contribution in [-0.4, -0.2) is 53.8 Å². The molecule has 3 N–H and O–H groups in total. The first-order valence-electron chi connectivity index (χ1n) is 12.0. The van der Waals surface area contributed by atoms with Crippen LogP contribution in [0.2, 0.25) is 0 Å². The van der Waals surface area contributed by atoms with E-state index in [9.17, 15) is 32.3 Å². The normalized spacial score (nSPS) is 25.0. The van der Waals surface area contributed by atoms with Gasteiger partial charge in [-0.1, -0.05) is 36.4 Å². The number of nitrogens with one attached hydrogen (secondary N) is 2. The Labute approximate surface area is 211 Å². The molecule has 2 aromatic carbocycles. The van der Waals surface area contributed by atoms with Crippen LogP contribution in [0.4, 0.5) is 22.4 Å². The maximum atomic E-state index is 13.3. The lowest BCUT2D eigenvalue weighted by molar-refractivity contribution is -0.138. The van der Waals surface area contributed by atoms with Gasteiger partial charge in [-0.2, -0.15) is 13.2 Å². The fourth-order valence-electron chi connectivity index (χ4n) is 4.96. The van der Waals surface area contributed by atoms with Crippen LogP contribution < -0.4 is 10.6 Å². The van der Waals surface area contributed by atoms with Gasteiger partial charge in [-0.3, -0.25) is 9.69 Å². The number of carbonyl (C=O) groups excluding carboxylic acids is 2. The number of aliphatic hydroxyl groups is 1. The van der Waals surface area contributed by atoms with E-state index in [2.05, 4.69) is 10.6 Å². The van der Waals surface area contributed by atoms with Gasteiger partial charge in [-0.15, -0.1) is 0 Å². The van der Waals surface area contributed by atoms with E-state index < -0.39 is 47.5 Å². The summed E-state index contributed by atoms with van der Waals surface area (Å²) in [5, 5.41) is 15.3. The summed E-state index contributed by atoms with van der Waals surface area (Å²) in [5.74, 6) is -0.419. The smallest absolute Gasteiger partial charge is 0.395 e. The minimum absolute atomic E-state index is 0.0535. The average molecular weight is 524 g/mol. The first kappa shape index (κ1) is 27.0. The highest BCUT2D eigenvalue weighted by molar-refractivity contribution is 6.07. The molecular weight excluding hydrogens is 494 g/mol. The Hall–Kier alpha value is -3.02. The number of β-amino-alcohol motifs (C(OH)–C–C–N with tert-alkyl or cyclic N) is 1. The molecule has 2 aromatic rings. The molecule has 0 unspecified atom stereocenters. The predicted octanol–water partition coefficient (Wildman–Crippen LogP) is 3.81. The van der Waals surface area contributed by atoms with E-state index in [1.54, 1.807) is 6.92 Å². The summed E-state index contributed by atoms with van der Waals surface area (Å²) in [6, 6.07) is 11.9. The molecule has 4 rings (SSSR count). The van der Waals surface area contributed by atoms with E-state index >= 15 is 0 Å². The van der Waals surface area contributed by atoms with Crippen LogP contribution in [0.15, 0.2) is 48.5 Å². The third kappa shape index (κ3) is 5.34. The molecule has 2 fully saturated rings. The van der Waals surface area contributed by atoms with Crippen molar-refractivity contribution in [3.63, 3.8) is 0 Å². The third-order valence-electron chi connectivity index (χ3n) is 7.15. The van der Waals surface area contributed by atoms with Gasteiger partial charge in [-0.25, -0.2) is 9.18 Å². The Balaban J connectivity index is 1.56. The molecule has 2 saturated heterocycles. The molecule has 7 nitrogen and oxygen atoms in total. The number of hydrogen-bond acceptors (Lipinski definition) is 5. The van der Waals surface area contributed by atoms with Crippen molar-refractivity contribution in [2.45, 2.75) is 49.8 Å². The highest BCUT2D eigenvalue weighted by atomic mass is 19.4. The third-order valence-corrected chi connectivity index (χ3v) is 7.15. The van der Waals surface area contributed by atoms with Gasteiger partial charge < -0.3 is 20.5 Å². The zero-order chi connectivity index (χ0) is 26.8. The van der Waals surface area contributed by atoms with Crippen LogP contribution >= 0.6 is 0 Å². The molecule has 2 heterocycles. The number of nitrogens with zero attached hydrogens (tertiary/aromatic N) is 1. The quantitative estimate of drug-likeness (QED) is 0.362. The van der Waals surface area contributed by atoms with E-state index in [0.717, 1.165) is 22.6 Å². The van der Waals surface area contributed by atoms with E-state index in [1.807, 2.05) is 30.3 Å². The standard InChI is InChI=1S/C26H29F4N3O4/c1-17(19-11-18(14-27)12-21(13-19)26(28,29)30)37-16-25(20-5-3-2-4-6-20)8-7-24(15-31-25)22(35)33(9-10-34)23(36)32-24/h2-6,11-13,17,31,34H,7-10,14-16H2,1H3,(H,32,36)/t17-,24-,25-/m1/s1. The van der Waals surface area contributed by atoms with Gasteiger partial charge in [0.05, 0.1) is 37.0 Å². The summed E-state index contributed by atoms with van der Waals surface area (Å²) in [6.45, 7) is 0.276. The number of piperidine rings is 1. The predicted molar refractivity (Wildman–Crippen MR) is 126 cm³/mol. The molecule has 200 valence electrons. The van der Waals surface area contributed by atoms with Crippen molar-refractivity contribution in [2.24, 2.45) is 0 Å². The molecule has 0 radical (unpaired) electrons. The zero-order valence-electron chi connectivity index (χ0n) is 20.3. The molecule has 11 heteroatoms. The van der Waals surface area contributed by atoms with Gasteiger partial charge in [-0.05, 0) is 48.6 Å². The lowest BCUT2D eigenvalue weighted by Crippen LogP contribution is -2.64. The summed E-state index contributed by atoms with van der Waals surface area (Å²) in [5.41, 5.74) is -1.91. The molecule has 3 atom stereocenters. The molecule has 0 bridgehead atoms. The Morgan fingerprint density at radius 1 is 1.14 bits per heavy atom. The van der Waals surface area contributed by atoms with E-state index in [4.69, 9.17) is 4.74 Å².